The first-order chi connectivity index (χ1) is 7.22. The fourth-order valence-electron chi connectivity index (χ4n) is 0.905. The van der Waals surface area contributed by atoms with Crippen molar-refractivity contribution in [2.24, 2.45) is 0 Å². The molecule has 0 fully saturated rings. The zero-order valence-electron chi connectivity index (χ0n) is 7.22. The molecule has 0 radical (unpaired) electrons. The van der Waals surface area contributed by atoms with E-state index in [1.807, 2.05) is 0 Å². The second-order valence-electron chi connectivity index (χ2n) is 2.51. The summed E-state index contributed by atoms with van der Waals surface area (Å²) < 4.78 is 49.1. The van der Waals surface area contributed by atoms with Crippen LogP contribution in [0.1, 0.15) is 0 Å². The summed E-state index contributed by atoms with van der Waals surface area (Å²) in [6.45, 7) is 0. The average Bonchev–Trinajstić information content (AvgIpc) is 2.08. The van der Waals surface area contributed by atoms with Crippen molar-refractivity contribution in [3.63, 3.8) is 0 Å². The topological polar surface area (TPSA) is 43.1 Å². The van der Waals surface area contributed by atoms with Crippen LogP contribution in [-0.4, -0.2) is 10.4 Å². The van der Waals surface area contributed by atoms with Gasteiger partial charge >= 0.3 is 11.2 Å². The Bertz CT molecular complexity index is 437. The van der Waals surface area contributed by atoms with Crippen LogP contribution >= 0.6 is 27.7 Å². The lowest BCUT2D eigenvalue weighted by Crippen LogP contribution is -2.03. The third-order valence-corrected chi connectivity index (χ3v) is 3.21. The molecular formula is C7H2BrF4NO2S. The highest BCUT2D eigenvalue weighted by molar-refractivity contribution is 9.10. The largest absolute Gasteiger partial charge is 0.446 e. The molecule has 0 saturated heterocycles. The number of hydrogen-bond donors (Lipinski definition) is 0. The molecule has 0 N–H and O–H groups in total. The number of alkyl halides is 3. The van der Waals surface area contributed by atoms with Crippen LogP contribution in [-0.2, 0) is 0 Å². The van der Waals surface area contributed by atoms with E-state index in [4.69, 9.17) is 0 Å². The number of nitrogens with zero attached hydrogens (tertiary/aromatic N) is 1. The van der Waals surface area contributed by atoms with E-state index in [-0.39, 0.29) is 4.47 Å². The van der Waals surface area contributed by atoms with Crippen molar-refractivity contribution >= 4 is 33.4 Å². The van der Waals surface area contributed by atoms with Crippen molar-refractivity contribution in [1.29, 1.82) is 0 Å². The first kappa shape index (κ1) is 13.2. The number of rotatable bonds is 2. The van der Waals surface area contributed by atoms with Gasteiger partial charge in [-0.15, -0.1) is 0 Å². The van der Waals surface area contributed by atoms with E-state index in [2.05, 4.69) is 15.9 Å². The summed E-state index contributed by atoms with van der Waals surface area (Å²) in [6.07, 6.45) is 0. The molecule has 0 aliphatic heterocycles. The minimum atomic E-state index is -4.72. The van der Waals surface area contributed by atoms with Gasteiger partial charge in [0.1, 0.15) is 4.90 Å². The fraction of sp³-hybridized carbons (Fsp3) is 0.143. The molecule has 1 aromatic rings. The maximum Gasteiger partial charge on any atom is 0.446 e. The minimum absolute atomic E-state index is 0.178. The molecule has 0 amide bonds. The van der Waals surface area contributed by atoms with Crippen molar-refractivity contribution in [3.8, 4) is 0 Å². The van der Waals surface area contributed by atoms with Crippen LogP contribution in [0.4, 0.5) is 23.2 Å². The van der Waals surface area contributed by atoms with Crippen molar-refractivity contribution in [2.75, 3.05) is 0 Å². The molecule has 16 heavy (non-hydrogen) atoms. The van der Waals surface area contributed by atoms with Gasteiger partial charge in [-0.05, 0) is 39.8 Å². The quantitative estimate of drug-likeness (QED) is 0.356. The van der Waals surface area contributed by atoms with Crippen LogP contribution in [0.5, 0.6) is 0 Å². The Hall–Kier alpha value is -0.830. The summed E-state index contributed by atoms with van der Waals surface area (Å²) in [6, 6.07) is 1.71. The molecule has 0 spiro atoms. The molecule has 1 aromatic carbocycles. The fourth-order valence-corrected chi connectivity index (χ4v) is 2.13. The zero-order valence-corrected chi connectivity index (χ0v) is 9.62. The maximum absolute atomic E-state index is 13.0. The Morgan fingerprint density at radius 2 is 1.94 bits per heavy atom. The highest BCUT2D eigenvalue weighted by atomic mass is 79.9. The second kappa shape index (κ2) is 4.58. The molecule has 0 unspecified atom stereocenters. The van der Waals surface area contributed by atoms with E-state index in [1.165, 1.54) is 0 Å². The smallest absolute Gasteiger partial charge is 0.258 e. The zero-order chi connectivity index (χ0) is 12.5. The van der Waals surface area contributed by atoms with E-state index in [9.17, 15) is 27.7 Å². The van der Waals surface area contributed by atoms with E-state index in [0.717, 1.165) is 12.1 Å². The lowest BCUT2D eigenvalue weighted by Gasteiger charge is -2.08. The maximum atomic E-state index is 13.0. The van der Waals surface area contributed by atoms with E-state index in [0.29, 0.717) is 0 Å². The molecule has 0 aliphatic rings. The monoisotopic (exact) mass is 319 g/mol. The molecule has 0 bridgehead atoms. The van der Waals surface area contributed by atoms with Crippen LogP contribution in [0, 0.1) is 15.9 Å². The molecule has 0 heterocycles. The van der Waals surface area contributed by atoms with Gasteiger partial charge in [-0.3, -0.25) is 10.1 Å². The molecule has 1 rings (SSSR count). The van der Waals surface area contributed by atoms with Gasteiger partial charge in [0, 0.05) is 4.47 Å². The van der Waals surface area contributed by atoms with Gasteiger partial charge in [-0.1, -0.05) is 0 Å². The molecule has 0 aliphatic carbocycles. The lowest BCUT2D eigenvalue weighted by atomic mass is 10.3. The summed E-state index contributed by atoms with van der Waals surface area (Å²) in [4.78, 5) is 8.46. The minimum Gasteiger partial charge on any atom is -0.258 e. The predicted molar refractivity (Wildman–Crippen MR) is 52.7 cm³/mol. The van der Waals surface area contributed by atoms with E-state index in [1.54, 1.807) is 0 Å². The Morgan fingerprint density at radius 3 is 2.38 bits per heavy atom. The normalized spacial score (nSPS) is 11.6. The summed E-state index contributed by atoms with van der Waals surface area (Å²) in [5.41, 5.74) is -5.90. The SMILES string of the molecule is O=[N+]([O-])c1c(F)ccc(Br)c1SC(F)(F)F. The van der Waals surface area contributed by atoms with Gasteiger partial charge < -0.3 is 0 Å². The summed E-state index contributed by atoms with van der Waals surface area (Å²) in [7, 11) is 0. The molecule has 0 aromatic heterocycles. The number of hydrogen-bond acceptors (Lipinski definition) is 3. The number of halogens is 5. The molecule has 3 nitrogen and oxygen atoms in total. The van der Waals surface area contributed by atoms with Crippen molar-refractivity contribution in [1.82, 2.24) is 0 Å². The first-order valence-electron chi connectivity index (χ1n) is 3.60. The standard InChI is InChI=1S/C7H2BrF4NO2S/c8-3-1-2-4(9)5(13(14)15)6(3)16-7(10,11)12/h1-2H. The van der Waals surface area contributed by atoms with Gasteiger partial charge in [0.25, 0.3) is 0 Å². The molecular weight excluding hydrogens is 318 g/mol. The second-order valence-corrected chi connectivity index (χ2v) is 4.44. The average molecular weight is 320 g/mol. The number of nitro groups is 1. The van der Waals surface area contributed by atoms with Gasteiger partial charge in [0.15, 0.2) is 0 Å². The van der Waals surface area contributed by atoms with Crippen LogP contribution in [0.3, 0.4) is 0 Å². The van der Waals surface area contributed by atoms with Crippen molar-refractivity contribution in [2.45, 2.75) is 10.4 Å². The molecule has 88 valence electrons. The molecule has 0 atom stereocenters. The Morgan fingerprint density at radius 1 is 1.38 bits per heavy atom. The van der Waals surface area contributed by atoms with Crippen LogP contribution in [0.2, 0.25) is 0 Å². The number of thioether (sulfide) groups is 1. The van der Waals surface area contributed by atoms with Crippen LogP contribution in [0.25, 0.3) is 0 Å². The highest BCUT2D eigenvalue weighted by Gasteiger charge is 2.36. The summed E-state index contributed by atoms with van der Waals surface area (Å²) >= 11 is 1.98. The van der Waals surface area contributed by atoms with Gasteiger partial charge in [-0.2, -0.15) is 17.6 Å². The Kier molecular flexibility index (Phi) is 3.79. The van der Waals surface area contributed by atoms with Crippen LogP contribution < -0.4 is 0 Å². The summed E-state index contributed by atoms with van der Waals surface area (Å²) in [5.74, 6) is -1.31. The van der Waals surface area contributed by atoms with Crippen molar-refractivity contribution in [3.05, 3.63) is 32.5 Å². The van der Waals surface area contributed by atoms with E-state index >= 15 is 0 Å². The van der Waals surface area contributed by atoms with Gasteiger partial charge in [0.2, 0.25) is 5.82 Å². The lowest BCUT2D eigenvalue weighted by molar-refractivity contribution is -0.390. The van der Waals surface area contributed by atoms with Crippen LogP contribution in [0.15, 0.2) is 21.5 Å². The third kappa shape index (κ3) is 3.08. The van der Waals surface area contributed by atoms with Crippen molar-refractivity contribution < 1.29 is 22.5 Å². The first-order valence-corrected chi connectivity index (χ1v) is 5.21. The number of nitro benzene ring substituents is 1. The Labute approximate surface area is 99.1 Å². The molecule has 0 saturated carbocycles. The predicted octanol–water partition coefficient (Wildman–Crippen LogP) is 4.11. The van der Waals surface area contributed by atoms with E-state index < -0.39 is 38.6 Å². The summed E-state index contributed by atoms with van der Waals surface area (Å²) in [5, 5.41) is 10.4. The highest BCUT2D eigenvalue weighted by Crippen LogP contribution is 2.45. The van der Waals surface area contributed by atoms with Gasteiger partial charge in [0.05, 0.1) is 4.92 Å². The number of benzene rings is 1. The third-order valence-electron chi connectivity index (χ3n) is 1.43. The Balaban J connectivity index is 3.35. The molecule has 9 heteroatoms. The van der Waals surface area contributed by atoms with Gasteiger partial charge in [-0.25, -0.2) is 0 Å².